The van der Waals surface area contributed by atoms with E-state index in [0.717, 1.165) is 37.3 Å². The molecule has 2 fully saturated rings. The molecule has 1 N–H and O–H groups in total. The largest absolute Gasteiger partial charge is 0.369 e. The molecule has 1 aromatic carbocycles. The van der Waals surface area contributed by atoms with Gasteiger partial charge in [-0.15, -0.1) is 0 Å². The molecule has 0 spiro atoms. The molecule has 1 amide bonds. The summed E-state index contributed by atoms with van der Waals surface area (Å²) in [6, 6.07) is 8.34. The monoisotopic (exact) mass is 463 g/mol. The molecule has 6 nitrogen and oxygen atoms in total. The van der Waals surface area contributed by atoms with E-state index in [1.165, 1.54) is 24.8 Å². The molecular formula is C25H41N3O3S. The van der Waals surface area contributed by atoms with Crippen LogP contribution in [0.25, 0.3) is 0 Å². The lowest BCUT2D eigenvalue weighted by Gasteiger charge is -2.35. The van der Waals surface area contributed by atoms with Crippen LogP contribution in [0.4, 0.5) is 5.69 Å². The zero-order valence-electron chi connectivity index (χ0n) is 19.9. The first-order valence-corrected chi connectivity index (χ1v) is 14.1. The highest BCUT2D eigenvalue weighted by Gasteiger charge is 2.28. The van der Waals surface area contributed by atoms with Gasteiger partial charge in [-0.05, 0) is 62.6 Å². The Morgan fingerprint density at radius 3 is 2.44 bits per heavy atom. The van der Waals surface area contributed by atoms with Gasteiger partial charge in [0.2, 0.25) is 15.9 Å². The highest BCUT2D eigenvalue weighted by molar-refractivity contribution is 7.89. The number of nitrogens with one attached hydrogen (secondary N) is 1. The van der Waals surface area contributed by atoms with Crippen LogP contribution in [0, 0.1) is 18.8 Å². The van der Waals surface area contributed by atoms with Gasteiger partial charge >= 0.3 is 0 Å². The van der Waals surface area contributed by atoms with Crippen molar-refractivity contribution in [3.63, 3.8) is 0 Å². The van der Waals surface area contributed by atoms with E-state index in [-0.39, 0.29) is 17.6 Å². The second kappa shape index (κ2) is 12.0. The fourth-order valence-electron chi connectivity index (χ4n) is 4.99. The minimum atomic E-state index is -3.28. The lowest BCUT2D eigenvalue weighted by atomic mass is 9.79. The van der Waals surface area contributed by atoms with Crippen molar-refractivity contribution in [3.05, 3.63) is 29.8 Å². The summed E-state index contributed by atoms with van der Waals surface area (Å²) in [5.74, 6) is 1.11. The molecule has 32 heavy (non-hydrogen) atoms. The standard InChI is InChI=1S/C25H41N3O3S/c1-3-4-8-22-10-12-23(13-11-22)25(29)26-14-6-19-32(30,31)28-17-15-27(16-18-28)24-9-5-7-21(2)20-24/h5,7,9,20,22-23H,3-4,6,8,10-19H2,1-2H3,(H,26,29). The molecule has 0 bridgehead atoms. The average molecular weight is 464 g/mol. The Morgan fingerprint density at radius 2 is 1.78 bits per heavy atom. The van der Waals surface area contributed by atoms with Crippen molar-refractivity contribution in [1.29, 1.82) is 0 Å². The first-order chi connectivity index (χ1) is 15.4. The molecule has 0 radical (unpaired) electrons. The molecule has 1 aromatic rings. The number of nitrogens with zero attached hydrogens (tertiary/aromatic N) is 2. The second-order valence-corrected chi connectivity index (χ2v) is 11.6. The molecule has 180 valence electrons. The first-order valence-electron chi connectivity index (χ1n) is 12.5. The van der Waals surface area contributed by atoms with Crippen molar-refractivity contribution >= 4 is 21.6 Å². The maximum atomic E-state index is 12.7. The maximum Gasteiger partial charge on any atom is 0.223 e. The number of carbonyl (C=O) groups excluding carboxylic acids is 1. The Labute approximate surface area is 194 Å². The smallest absolute Gasteiger partial charge is 0.223 e. The fraction of sp³-hybridized carbons (Fsp3) is 0.720. The summed E-state index contributed by atoms with van der Waals surface area (Å²) in [5, 5.41) is 2.99. The van der Waals surface area contributed by atoms with Crippen molar-refractivity contribution in [2.45, 2.75) is 65.2 Å². The van der Waals surface area contributed by atoms with E-state index in [0.29, 0.717) is 39.1 Å². The molecule has 1 saturated heterocycles. The van der Waals surface area contributed by atoms with Gasteiger partial charge in [-0.25, -0.2) is 8.42 Å². The molecule has 3 rings (SSSR count). The normalized spacial score (nSPS) is 22.6. The zero-order valence-corrected chi connectivity index (χ0v) is 20.7. The quantitative estimate of drug-likeness (QED) is 0.534. The number of aryl methyl sites for hydroxylation is 1. The van der Waals surface area contributed by atoms with Gasteiger partial charge < -0.3 is 10.2 Å². The molecule has 0 unspecified atom stereocenters. The number of carbonyl (C=O) groups is 1. The van der Waals surface area contributed by atoms with Gasteiger partial charge in [0.25, 0.3) is 0 Å². The van der Waals surface area contributed by atoms with E-state index in [9.17, 15) is 13.2 Å². The van der Waals surface area contributed by atoms with Gasteiger partial charge in [-0.3, -0.25) is 4.79 Å². The molecule has 0 atom stereocenters. The van der Waals surface area contributed by atoms with Crippen LogP contribution in [0.3, 0.4) is 0 Å². The summed E-state index contributed by atoms with van der Waals surface area (Å²) >= 11 is 0. The average Bonchev–Trinajstić information content (AvgIpc) is 2.81. The van der Waals surface area contributed by atoms with Gasteiger partial charge in [0.1, 0.15) is 0 Å². The number of hydrogen-bond acceptors (Lipinski definition) is 4. The van der Waals surface area contributed by atoms with E-state index >= 15 is 0 Å². The molecular weight excluding hydrogens is 422 g/mol. The third-order valence-corrected chi connectivity index (χ3v) is 9.02. The van der Waals surface area contributed by atoms with Crippen LogP contribution in [0.15, 0.2) is 24.3 Å². The molecule has 1 aliphatic carbocycles. The number of rotatable bonds is 10. The van der Waals surface area contributed by atoms with E-state index in [1.807, 2.05) is 6.07 Å². The number of piperazine rings is 1. The number of benzene rings is 1. The van der Waals surface area contributed by atoms with E-state index in [2.05, 4.69) is 42.3 Å². The Hall–Kier alpha value is -1.60. The topological polar surface area (TPSA) is 69.7 Å². The van der Waals surface area contributed by atoms with Gasteiger partial charge in [0.15, 0.2) is 0 Å². The van der Waals surface area contributed by atoms with Crippen LogP contribution in [0.1, 0.15) is 63.9 Å². The third-order valence-electron chi connectivity index (χ3n) is 7.06. The summed E-state index contributed by atoms with van der Waals surface area (Å²) < 4.78 is 27.1. The van der Waals surface area contributed by atoms with Crippen molar-refractivity contribution < 1.29 is 13.2 Å². The molecule has 0 aromatic heterocycles. The van der Waals surface area contributed by atoms with Crippen LogP contribution in [0.5, 0.6) is 0 Å². The summed E-state index contributed by atoms with van der Waals surface area (Å²) in [7, 11) is -3.28. The Morgan fingerprint density at radius 1 is 1.06 bits per heavy atom. The number of unbranched alkanes of at least 4 members (excludes halogenated alkanes) is 1. The van der Waals surface area contributed by atoms with Crippen LogP contribution in [-0.2, 0) is 14.8 Å². The van der Waals surface area contributed by atoms with Crippen LogP contribution >= 0.6 is 0 Å². The maximum absolute atomic E-state index is 12.7. The minimum absolute atomic E-state index is 0.0987. The van der Waals surface area contributed by atoms with Crippen LogP contribution in [-0.4, -0.2) is 57.1 Å². The molecule has 1 saturated carbocycles. The number of amides is 1. The van der Waals surface area contributed by atoms with Gasteiger partial charge in [0, 0.05) is 44.3 Å². The van der Waals surface area contributed by atoms with Gasteiger partial charge in [0.05, 0.1) is 5.75 Å². The van der Waals surface area contributed by atoms with E-state index < -0.39 is 10.0 Å². The summed E-state index contributed by atoms with van der Waals surface area (Å²) in [6.45, 7) is 7.19. The van der Waals surface area contributed by atoms with E-state index in [1.54, 1.807) is 4.31 Å². The van der Waals surface area contributed by atoms with Crippen molar-refractivity contribution in [2.24, 2.45) is 11.8 Å². The highest BCUT2D eigenvalue weighted by Crippen LogP contribution is 2.32. The van der Waals surface area contributed by atoms with Crippen LogP contribution in [0.2, 0.25) is 0 Å². The zero-order chi connectivity index (χ0) is 23.0. The predicted octanol–water partition coefficient (Wildman–Crippen LogP) is 3.95. The van der Waals surface area contributed by atoms with Gasteiger partial charge in [-0.1, -0.05) is 38.3 Å². The SMILES string of the molecule is CCCCC1CCC(C(=O)NCCCS(=O)(=O)N2CCN(c3cccc(C)c3)CC2)CC1. The summed E-state index contributed by atoms with van der Waals surface area (Å²) in [5.41, 5.74) is 2.37. The Balaban J connectivity index is 1.34. The minimum Gasteiger partial charge on any atom is -0.369 e. The Kier molecular flexibility index (Phi) is 9.41. The fourth-order valence-corrected chi connectivity index (χ4v) is 6.48. The summed E-state index contributed by atoms with van der Waals surface area (Å²) in [4.78, 5) is 14.7. The van der Waals surface area contributed by atoms with Gasteiger partial charge in [-0.2, -0.15) is 4.31 Å². The first kappa shape index (κ1) is 25.0. The summed E-state index contributed by atoms with van der Waals surface area (Å²) in [6.07, 6.45) is 8.55. The van der Waals surface area contributed by atoms with E-state index in [4.69, 9.17) is 0 Å². The van der Waals surface area contributed by atoms with Crippen molar-refractivity contribution in [1.82, 2.24) is 9.62 Å². The molecule has 2 aliphatic rings. The van der Waals surface area contributed by atoms with Crippen molar-refractivity contribution in [2.75, 3.05) is 43.4 Å². The molecule has 1 aliphatic heterocycles. The lowest BCUT2D eigenvalue weighted by Crippen LogP contribution is -2.49. The lowest BCUT2D eigenvalue weighted by molar-refractivity contribution is -0.126. The number of anilines is 1. The van der Waals surface area contributed by atoms with Crippen LogP contribution < -0.4 is 10.2 Å². The number of hydrogen-bond donors (Lipinski definition) is 1. The second-order valence-electron chi connectivity index (χ2n) is 9.55. The third kappa shape index (κ3) is 7.20. The van der Waals surface area contributed by atoms with Crippen molar-refractivity contribution in [3.8, 4) is 0 Å². The molecule has 7 heteroatoms. The Bertz CT molecular complexity index is 827. The number of sulfonamides is 1. The molecule has 1 heterocycles. The predicted molar refractivity (Wildman–Crippen MR) is 131 cm³/mol. The highest BCUT2D eigenvalue weighted by atomic mass is 32.2.